The summed E-state index contributed by atoms with van der Waals surface area (Å²) >= 11 is 0. The van der Waals surface area contributed by atoms with Crippen molar-refractivity contribution >= 4 is 29.5 Å². The highest BCUT2D eigenvalue weighted by Crippen LogP contribution is 2.14. The second-order valence-corrected chi connectivity index (χ2v) is 6.71. The molecular formula is C22H25N3O3. The number of anilines is 1. The summed E-state index contributed by atoms with van der Waals surface area (Å²) in [5.74, 6) is -0.742. The van der Waals surface area contributed by atoms with Crippen molar-refractivity contribution in [2.75, 3.05) is 19.4 Å². The minimum absolute atomic E-state index is 0.00546. The third-order valence-electron chi connectivity index (χ3n) is 4.11. The zero-order valence-electron chi connectivity index (χ0n) is 16.6. The van der Waals surface area contributed by atoms with Crippen LogP contribution in [0.5, 0.6) is 0 Å². The quantitative estimate of drug-likeness (QED) is 0.758. The lowest BCUT2D eigenvalue weighted by atomic mass is 10.1. The highest BCUT2D eigenvalue weighted by atomic mass is 16.2. The van der Waals surface area contributed by atoms with E-state index in [4.69, 9.17) is 0 Å². The van der Waals surface area contributed by atoms with E-state index in [9.17, 15) is 14.4 Å². The fourth-order valence-electron chi connectivity index (χ4n) is 2.49. The van der Waals surface area contributed by atoms with Gasteiger partial charge >= 0.3 is 0 Å². The molecule has 0 spiro atoms. The van der Waals surface area contributed by atoms with Crippen LogP contribution in [-0.2, 0) is 20.8 Å². The van der Waals surface area contributed by atoms with Gasteiger partial charge in [0.2, 0.25) is 11.8 Å². The molecular weight excluding hydrogens is 354 g/mol. The first kappa shape index (κ1) is 20.9. The van der Waals surface area contributed by atoms with E-state index in [1.54, 1.807) is 44.4 Å². The van der Waals surface area contributed by atoms with E-state index in [0.29, 0.717) is 12.1 Å². The lowest BCUT2D eigenvalue weighted by Crippen LogP contribution is -2.29. The van der Waals surface area contributed by atoms with E-state index in [2.05, 4.69) is 10.6 Å². The number of rotatable bonds is 6. The Bertz CT molecular complexity index is 899. The number of benzene rings is 2. The first-order chi connectivity index (χ1) is 13.3. The molecule has 0 bridgehead atoms. The Morgan fingerprint density at radius 2 is 1.64 bits per heavy atom. The number of nitrogens with one attached hydrogen (secondary N) is 2. The molecule has 2 N–H and O–H groups in total. The number of hydrogen-bond donors (Lipinski definition) is 2. The second-order valence-electron chi connectivity index (χ2n) is 6.71. The number of carbonyl (C=O) groups excluding carboxylic acids is 3. The van der Waals surface area contributed by atoms with Gasteiger partial charge in [0.15, 0.2) is 0 Å². The van der Waals surface area contributed by atoms with Crippen molar-refractivity contribution < 1.29 is 14.4 Å². The van der Waals surface area contributed by atoms with E-state index in [1.165, 1.54) is 11.8 Å². The molecule has 0 saturated carbocycles. The van der Waals surface area contributed by atoms with Crippen molar-refractivity contribution in [3.05, 3.63) is 70.9 Å². The van der Waals surface area contributed by atoms with Crippen molar-refractivity contribution in [1.29, 1.82) is 0 Å². The van der Waals surface area contributed by atoms with Crippen LogP contribution < -0.4 is 10.6 Å². The molecule has 2 aromatic carbocycles. The molecule has 3 amide bonds. The number of aryl methyl sites for hydroxylation is 1. The Morgan fingerprint density at radius 1 is 1.00 bits per heavy atom. The van der Waals surface area contributed by atoms with Gasteiger partial charge in [0.25, 0.3) is 5.91 Å². The summed E-state index contributed by atoms with van der Waals surface area (Å²) in [4.78, 5) is 37.5. The summed E-state index contributed by atoms with van der Waals surface area (Å²) in [7, 11) is 3.42. The lowest BCUT2D eigenvalue weighted by Gasteiger charge is -2.12. The Labute approximate surface area is 165 Å². The topological polar surface area (TPSA) is 78.5 Å². The van der Waals surface area contributed by atoms with E-state index in [0.717, 1.165) is 16.7 Å². The largest absolute Gasteiger partial charge is 0.349 e. The molecule has 0 aliphatic rings. The van der Waals surface area contributed by atoms with Crippen LogP contribution >= 0.6 is 0 Å². The van der Waals surface area contributed by atoms with Crippen molar-refractivity contribution in [2.24, 2.45) is 0 Å². The van der Waals surface area contributed by atoms with Gasteiger partial charge in [-0.3, -0.25) is 14.4 Å². The van der Waals surface area contributed by atoms with Gasteiger partial charge in [-0.05, 0) is 41.8 Å². The molecule has 0 saturated heterocycles. The van der Waals surface area contributed by atoms with Gasteiger partial charge in [-0.2, -0.15) is 0 Å². The summed E-state index contributed by atoms with van der Waals surface area (Å²) in [5.41, 5.74) is 3.43. The molecule has 28 heavy (non-hydrogen) atoms. The Hall–Kier alpha value is -3.41. The fourth-order valence-corrected chi connectivity index (χ4v) is 2.49. The smallest absolute Gasteiger partial charge is 0.272 e. The molecule has 0 fully saturated rings. The predicted octanol–water partition coefficient (Wildman–Crippen LogP) is 2.74. The fraction of sp³-hybridized carbons (Fsp3) is 0.227. The first-order valence-electron chi connectivity index (χ1n) is 8.91. The average Bonchev–Trinajstić information content (AvgIpc) is 2.64. The third kappa shape index (κ3) is 6.09. The Balaban J connectivity index is 2.16. The highest BCUT2D eigenvalue weighted by Gasteiger charge is 2.13. The molecule has 2 rings (SSSR count). The number of amides is 3. The van der Waals surface area contributed by atoms with Crippen LogP contribution in [0.15, 0.2) is 54.2 Å². The van der Waals surface area contributed by atoms with Crippen LogP contribution in [0, 0.1) is 6.92 Å². The number of nitrogens with zero attached hydrogens (tertiary/aromatic N) is 1. The molecule has 0 aromatic heterocycles. The number of likely N-dealkylation sites (N-methyl/N-ethyl adjacent to an activating group) is 1. The van der Waals surface area contributed by atoms with Crippen molar-refractivity contribution in [3.63, 3.8) is 0 Å². The van der Waals surface area contributed by atoms with Gasteiger partial charge in [-0.25, -0.2) is 0 Å². The molecule has 2 aromatic rings. The van der Waals surface area contributed by atoms with E-state index in [-0.39, 0.29) is 17.5 Å². The molecule has 0 heterocycles. The van der Waals surface area contributed by atoms with Gasteiger partial charge in [-0.15, -0.1) is 0 Å². The lowest BCUT2D eigenvalue weighted by molar-refractivity contribution is -0.128. The molecule has 6 nitrogen and oxygen atoms in total. The van der Waals surface area contributed by atoms with Gasteiger partial charge in [0, 0.05) is 26.7 Å². The van der Waals surface area contributed by atoms with Crippen LogP contribution in [0.4, 0.5) is 5.69 Å². The molecule has 146 valence electrons. The van der Waals surface area contributed by atoms with Crippen molar-refractivity contribution in [2.45, 2.75) is 20.3 Å². The minimum atomic E-state index is -0.421. The standard InChI is InChI=1S/C22H25N3O3/c1-15-7-5-6-8-18(15)14-20(23-16(2)26)22(28)24-19-11-9-17(10-12-19)13-21(27)25(3)4/h5-12,14H,13H2,1-4H3,(H,23,26)(H,24,28)/b20-14-. The van der Waals surface area contributed by atoms with Gasteiger partial charge < -0.3 is 15.5 Å². The predicted molar refractivity (Wildman–Crippen MR) is 110 cm³/mol. The summed E-state index contributed by atoms with van der Waals surface area (Å²) in [6.45, 7) is 3.29. The minimum Gasteiger partial charge on any atom is -0.349 e. The zero-order chi connectivity index (χ0) is 20.7. The van der Waals surface area contributed by atoms with Crippen molar-refractivity contribution in [3.8, 4) is 0 Å². The summed E-state index contributed by atoms with van der Waals surface area (Å²) < 4.78 is 0. The summed E-state index contributed by atoms with van der Waals surface area (Å²) in [6, 6.07) is 14.6. The Morgan fingerprint density at radius 3 is 2.21 bits per heavy atom. The van der Waals surface area contributed by atoms with Crippen LogP contribution in [0.2, 0.25) is 0 Å². The number of carbonyl (C=O) groups is 3. The molecule has 0 aliphatic heterocycles. The molecule has 0 radical (unpaired) electrons. The SMILES string of the molecule is CC(=O)N/C(=C\c1ccccc1C)C(=O)Nc1ccc(CC(=O)N(C)C)cc1. The van der Waals surface area contributed by atoms with Crippen LogP contribution in [0.3, 0.4) is 0 Å². The normalized spacial score (nSPS) is 10.9. The van der Waals surface area contributed by atoms with Gasteiger partial charge in [-0.1, -0.05) is 36.4 Å². The second kappa shape index (κ2) is 9.50. The van der Waals surface area contributed by atoms with Crippen LogP contribution in [0.1, 0.15) is 23.6 Å². The summed E-state index contributed by atoms with van der Waals surface area (Å²) in [6.07, 6.45) is 1.95. The third-order valence-corrected chi connectivity index (χ3v) is 4.11. The molecule has 0 aliphatic carbocycles. The molecule has 0 unspecified atom stereocenters. The average molecular weight is 379 g/mol. The van der Waals surface area contributed by atoms with E-state index in [1.807, 2.05) is 31.2 Å². The molecule has 0 atom stereocenters. The highest BCUT2D eigenvalue weighted by molar-refractivity contribution is 6.08. The monoisotopic (exact) mass is 379 g/mol. The number of hydrogen-bond acceptors (Lipinski definition) is 3. The van der Waals surface area contributed by atoms with Crippen molar-refractivity contribution in [1.82, 2.24) is 10.2 Å². The maximum absolute atomic E-state index is 12.7. The van der Waals surface area contributed by atoms with Gasteiger partial charge in [0.1, 0.15) is 5.70 Å². The van der Waals surface area contributed by atoms with Crippen LogP contribution in [0.25, 0.3) is 6.08 Å². The van der Waals surface area contributed by atoms with E-state index < -0.39 is 5.91 Å². The van der Waals surface area contributed by atoms with Gasteiger partial charge in [0.05, 0.1) is 6.42 Å². The van der Waals surface area contributed by atoms with E-state index >= 15 is 0 Å². The zero-order valence-corrected chi connectivity index (χ0v) is 16.6. The first-order valence-corrected chi connectivity index (χ1v) is 8.91. The summed E-state index contributed by atoms with van der Waals surface area (Å²) in [5, 5.41) is 5.36. The maximum Gasteiger partial charge on any atom is 0.272 e. The van der Waals surface area contributed by atoms with Crippen LogP contribution in [-0.4, -0.2) is 36.7 Å². The molecule has 6 heteroatoms. The Kier molecular flexibility index (Phi) is 7.09. The maximum atomic E-state index is 12.7.